The predicted octanol–water partition coefficient (Wildman–Crippen LogP) is 4.49. The van der Waals surface area contributed by atoms with Gasteiger partial charge in [0.1, 0.15) is 0 Å². The van der Waals surface area contributed by atoms with E-state index in [-0.39, 0.29) is 0 Å². The molecule has 10 rings (SSSR count). The quantitative estimate of drug-likeness (QED) is 0.491. The van der Waals surface area contributed by atoms with Crippen molar-refractivity contribution in [3.05, 3.63) is 25.3 Å². The molecule has 0 nitrogen and oxygen atoms in total. The van der Waals surface area contributed by atoms with Gasteiger partial charge in [0.05, 0.1) is 0 Å². The molecule has 10 fully saturated rings. The molecule has 0 aliphatic carbocycles. The number of hydrogen-bond acceptors (Lipinski definition) is 0. The van der Waals surface area contributed by atoms with Crippen LogP contribution in [0.25, 0.3) is 0 Å². The van der Waals surface area contributed by atoms with Gasteiger partial charge in [-0.1, -0.05) is 0 Å². The van der Waals surface area contributed by atoms with Crippen molar-refractivity contribution in [1.29, 1.82) is 0 Å². The van der Waals surface area contributed by atoms with Crippen LogP contribution in [0.5, 0.6) is 0 Å². The van der Waals surface area contributed by atoms with Crippen LogP contribution in [0.2, 0.25) is 47.2 Å². The fourth-order valence-corrected chi connectivity index (χ4v) is 93.8. The fraction of sp³-hybridized carbons (Fsp3) is 0.714. The summed E-state index contributed by atoms with van der Waals surface area (Å²) in [6.07, 6.45) is 5.07. The van der Waals surface area contributed by atoms with Crippen molar-refractivity contribution >= 4 is 0 Å². The summed E-state index contributed by atoms with van der Waals surface area (Å²) in [6.45, 7) is 5.71. The molecule has 0 amide bonds. The third kappa shape index (κ3) is 0.0371. The molecule has 0 aromatic rings. The van der Waals surface area contributed by atoms with Crippen LogP contribution in [-0.2, 0) is 6.51 Å². The third-order valence-electron chi connectivity index (χ3n) is 15.7. The molecule has 4 unspecified atom stereocenters. The van der Waals surface area contributed by atoms with Crippen LogP contribution in [0.15, 0.2) is 25.3 Å². The molecule has 4 atom stereocenters. The zero-order valence-electron chi connectivity index (χ0n) is 8.54. The van der Waals surface area contributed by atoms with E-state index < -0.39 is 6.51 Å². The monoisotopic (exact) mass is 238 g/mol. The van der Waals surface area contributed by atoms with Crippen LogP contribution < -0.4 is 0 Å². The van der Waals surface area contributed by atoms with Gasteiger partial charge in [-0.3, -0.25) is 0 Å². The second kappa shape index (κ2) is 0.343. The fourth-order valence-electron chi connectivity index (χ4n) is 18.1. The SMILES string of the molecule is C=C[C]12[CH]3[CH]4[CH]5[C]1(C=C)[Fe]43521678[CH]2[CH]1[CH]6[CH]7[CH]28. The Morgan fingerprint density at radius 3 is 1.27 bits per heavy atom. The van der Waals surface area contributed by atoms with E-state index in [1.807, 2.05) is 0 Å². The first-order valence-corrected chi connectivity index (χ1v) is 12.7. The molecular weight excluding hydrogens is 224 g/mol. The van der Waals surface area contributed by atoms with Gasteiger partial charge in [0.2, 0.25) is 0 Å². The number of rotatable bonds is 2. The molecule has 15 heavy (non-hydrogen) atoms. The topological polar surface area (TPSA) is 0 Å². The first-order chi connectivity index (χ1) is 7.06. The van der Waals surface area contributed by atoms with Crippen LogP contribution in [0.4, 0.5) is 0 Å². The molecule has 10 aliphatic rings. The average molecular weight is 238 g/mol. The number of fused-ring (bicyclic) bond motifs is 10. The van der Waals surface area contributed by atoms with Gasteiger partial charge in [-0.05, 0) is 0 Å². The Bertz CT molecular complexity index is 899. The Kier molecular flexibility index (Phi) is 0.117. The molecule has 10 aliphatic heterocycles. The van der Waals surface area contributed by atoms with Crippen LogP contribution in [0, 0.1) is 0 Å². The van der Waals surface area contributed by atoms with Gasteiger partial charge >= 0.3 is 79.0 Å². The van der Waals surface area contributed by atoms with E-state index in [9.17, 15) is 0 Å². The predicted molar refractivity (Wildman–Crippen MR) is 55.8 cm³/mol. The van der Waals surface area contributed by atoms with Gasteiger partial charge < -0.3 is 0 Å². The van der Waals surface area contributed by atoms with Crippen molar-refractivity contribution in [2.24, 2.45) is 0 Å². The molecule has 0 aromatic heterocycles. The van der Waals surface area contributed by atoms with Gasteiger partial charge in [0, 0.05) is 0 Å². The molecule has 0 saturated carbocycles. The van der Waals surface area contributed by atoms with Crippen molar-refractivity contribution in [2.75, 3.05) is 0 Å². The Morgan fingerprint density at radius 1 is 0.733 bits per heavy atom. The van der Waals surface area contributed by atoms with E-state index in [4.69, 9.17) is 0 Å². The summed E-state index contributed by atoms with van der Waals surface area (Å²) in [6, 6.07) is 0. The van der Waals surface area contributed by atoms with Gasteiger partial charge in [-0.25, -0.2) is 0 Å². The molecule has 10 saturated heterocycles. The Labute approximate surface area is 79.1 Å². The zero-order chi connectivity index (χ0) is 9.35. The molecule has 1 heteroatoms. The zero-order valence-corrected chi connectivity index (χ0v) is 9.65. The first kappa shape index (κ1) is 5.10. The van der Waals surface area contributed by atoms with Crippen molar-refractivity contribution in [2.45, 2.75) is 47.2 Å². The van der Waals surface area contributed by atoms with Crippen molar-refractivity contribution in [3.8, 4) is 0 Å². The van der Waals surface area contributed by atoms with Crippen LogP contribution in [0.1, 0.15) is 0 Å². The van der Waals surface area contributed by atoms with Gasteiger partial charge in [0.25, 0.3) is 0 Å². The van der Waals surface area contributed by atoms with E-state index in [1.165, 1.54) is 38.5 Å². The van der Waals surface area contributed by atoms with E-state index in [0.717, 1.165) is 8.63 Å². The van der Waals surface area contributed by atoms with Gasteiger partial charge in [0.15, 0.2) is 0 Å². The van der Waals surface area contributed by atoms with Crippen molar-refractivity contribution < 1.29 is 6.51 Å². The second-order valence-corrected chi connectivity index (χ2v) is 33.6. The molecule has 0 aromatic carbocycles. The summed E-state index contributed by atoms with van der Waals surface area (Å²) in [5, 5.41) is 0. The second-order valence-electron chi connectivity index (χ2n) is 10.3. The van der Waals surface area contributed by atoms with Crippen LogP contribution >= 0.6 is 0 Å². The minimum atomic E-state index is -2.96. The summed E-state index contributed by atoms with van der Waals surface area (Å²) < 4.78 is 1.65. The standard InChI is InChI=1S/C9H9.C5H5.Fe/c1-3-8-6-5-7-9(8)4-2;1-2-4-5-3-1;/h3-7H,1-2H2;1-5H;. The average Bonchev–Trinajstić information content (AvgIpc) is 3.21. The third-order valence-corrected chi connectivity index (χ3v) is 58.9. The van der Waals surface area contributed by atoms with Gasteiger partial charge in [-0.2, -0.15) is 0 Å². The summed E-state index contributed by atoms with van der Waals surface area (Å²) >= 11 is 0. The maximum absolute atomic E-state index is 4.33. The van der Waals surface area contributed by atoms with Crippen LogP contribution in [0.3, 0.4) is 0 Å². The first-order valence-electron chi connectivity index (χ1n) is 6.54. The normalized spacial score (nSPS) is 138. The minimum absolute atomic E-state index is 0.827. The van der Waals surface area contributed by atoms with Crippen molar-refractivity contribution in [1.82, 2.24) is 0 Å². The van der Waals surface area contributed by atoms with Gasteiger partial charge in [-0.15, -0.1) is 0 Å². The van der Waals surface area contributed by atoms with E-state index >= 15 is 0 Å². The molecule has 1 spiro atoms. The number of hydrogen-bond donors (Lipinski definition) is 0. The molecular formula is C14H14Fe. The molecule has 0 bridgehead atoms. The Hall–Kier alpha value is -0.000519. The van der Waals surface area contributed by atoms with Crippen molar-refractivity contribution in [3.63, 3.8) is 0 Å². The Morgan fingerprint density at radius 2 is 1.13 bits per heavy atom. The van der Waals surface area contributed by atoms with E-state index in [2.05, 4.69) is 25.3 Å². The molecule has 0 radical (unpaired) electrons. The van der Waals surface area contributed by atoms with E-state index in [1.54, 1.807) is 0 Å². The summed E-state index contributed by atoms with van der Waals surface area (Å²) in [7, 11) is 0. The summed E-state index contributed by atoms with van der Waals surface area (Å²) in [5.74, 6) is 0. The maximum atomic E-state index is 4.33. The molecule has 10 heterocycles. The number of allylic oxidation sites excluding steroid dienone is 2. The summed E-state index contributed by atoms with van der Waals surface area (Å²) in [5.41, 5.74) is 0. The summed E-state index contributed by atoms with van der Waals surface area (Å²) in [4.78, 5) is 11.0. The molecule has 0 N–H and O–H groups in total. The van der Waals surface area contributed by atoms with E-state index in [0.29, 0.717) is 0 Å². The van der Waals surface area contributed by atoms with Crippen LogP contribution in [-0.4, -0.2) is 0 Å². The molecule has 78 valence electrons. The Balaban J connectivity index is 1.98.